The molecule has 0 saturated carbocycles. The van der Waals surface area contributed by atoms with E-state index in [9.17, 15) is 19.5 Å². The Morgan fingerprint density at radius 1 is 0.323 bits per heavy atom. The summed E-state index contributed by atoms with van der Waals surface area (Å²) in [5, 5.41) is 9.78. The Morgan fingerprint density at radius 3 is 0.860 bits per heavy atom. The Morgan fingerprint density at radius 2 is 0.581 bits per heavy atom. The van der Waals surface area contributed by atoms with Crippen molar-refractivity contribution in [2.24, 2.45) is 0 Å². The third kappa shape index (κ3) is 76.7. The first-order chi connectivity index (χ1) is 45.6. The largest absolute Gasteiger partial charge is 0.477 e. The number of quaternary nitrogens is 1. The predicted molar refractivity (Wildman–Crippen MR) is 401 cm³/mol. The third-order valence-corrected chi connectivity index (χ3v) is 18.9. The molecule has 9 heteroatoms. The molecule has 0 fully saturated rings. The first kappa shape index (κ1) is 90.5. The van der Waals surface area contributed by atoms with Crippen LogP contribution in [0, 0.1) is 0 Å². The van der Waals surface area contributed by atoms with Crippen LogP contribution in [0.15, 0.2) is 36.5 Å². The number of hydrogen-bond donors (Lipinski definition) is 1. The van der Waals surface area contributed by atoms with Crippen molar-refractivity contribution in [3.05, 3.63) is 36.5 Å². The van der Waals surface area contributed by atoms with Crippen LogP contribution in [0.5, 0.6) is 0 Å². The van der Waals surface area contributed by atoms with E-state index in [1.165, 1.54) is 353 Å². The number of allylic oxidation sites excluding steroid dienone is 6. The maximum absolute atomic E-state index is 13.0. The second-order valence-corrected chi connectivity index (χ2v) is 29.4. The minimum Gasteiger partial charge on any atom is -0.477 e. The molecule has 0 aromatic carbocycles. The van der Waals surface area contributed by atoms with Crippen molar-refractivity contribution in [3.8, 4) is 0 Å². The average molecular weight is 1310 g/mol. The van der Waals surface area contributed by atoms with Crippen molar-refractivity contribution in [3.63, 3.8) is 0 Å². The van der Waals surface area contributed by atoms with Crippen molar-refractivity contribution < 1.29 is 42.9 Å². The van der Waals surface area contributed by atoms with E-state index in [-0.39, 0.29) is 38.2 Å². The van der Waals surface area contributed by atoms with Crippen LogP contribution in [-0.2, 0) is 33.3 Å². The fourth-order valence-corrected chi connectivity index (χ4v) is 12.6. The first-order valence-electron chi connectivity index (χ1n) is 41.2. The summed E-state index contributed by atoms with van der Waals surface area (Å²) in [5.74, 6) is -1.97. The molecule has 0 radical (unpaired) electrons. The summed E-state index contributed by atoms with van der Waals surface area (Å²) in [7, 11) is 6.00. The molecule has 2 unspecified atom stereocenters. The van der Waals surface area contributed by atoms with Crippen LogP contribution in [0.1, 0.15) is 425 Å². The van der Waals surface area contributed by atoms with Gasteiger partial charge in [-0.15, -0.1) is 0 Å². The van der Waals surface area contributed by atoms with Crippen molar-refractivity contribution >= 4 is 17.9 Å². The van der Waals surface area contributed by atoms with Gasteiger partial charge in [0.1, 0.15) is 13.2 Å². The number of esters is 2. The van der Waals surface area contributed by atoms with Gasteiger partial charge in [0.25, 0.3) is 6.29 Å². The Balaban J connectivity index is 3.95. The van der Waals surface area contributed by atoms with E-state index in [1.807, 2.05) is 21.1 Å². The number of likely N-dealkylation sites (N-methyl/N-ethyl adjacent to an activating group) is 1. The molecule has 0 bridgehead atoms. The minimum atomic E-state index is -1.51. The number of ether oxygens (including phenoxy) is 4. The fourth-order valence-electron chi connectivity index (χ4n) is 12.6. The predicted octanol–water partition coefficient (Wildman–Crippen LogP) is 26.3. The van der Waals surface area contributed by atoms with E-state index >= 15 is 0 Å². The molecular weight excluding hydrogens is 1150 g/mol. The van der Waals surface area contributed by atoms with Crippen LogP contribution in [-0.4, -0.2) is 87.4 Å². The summed E-state index contributed by atoms with van der Waals surface area (Å²) in [6.07, 6.45) is 94.6. The zero-order chi connectivity index (χ0) is 67.5. The quantitative estimate of drug-likeness (QED) is 0.0211. The summed E-state index contributed by atoms with van der Waals surface area (Å²) in [6.45, 7) is 4.95. The number of aliphatic carboxylic acids is 1. The van der Waals surface area contributed by atoms with Gasteiger partial charge in [0, 0.05) is 12.8 Å². The average Bonchev–Trinajstić information content (AvgIpc) is 3.38. The van der Waals surface area contributed by atoms with Gasteiger partial charge >= 0.3 is 17.9 Å². The first-order valence-corrected chi connectivity index (χ1v) is 41.2. The van der Waals surface area contributed by atoms with Crippen LogP contribution in [0.2, 0.25) is 0 Å². The molecule has 0 aromatic heterocycles. The van der Waals surface area contributed by atoms with Crippen LogP contribution in [0.4, 0.5) is 0 Å². The molecule has 2 atom stereocenters. The lowest BCUT2D eigenvalue weighted by atomic mass is 10.0. The maximum atomic E-state index is 13.0. The molecule has 548 valence electrons. The third-order valence-electron chi connectivity index (χ3n) is 18.9. The Bertz CT molecular complexity index is 1620. The molecule has 0 aliphatic carbocycles. The highest BCUT2D eigenvalue weighted by Gasteiger charge is 2.25. The van der Waals surface area contributed by atoms with Gasteiger partial charge < -0.3 is 28.5 Å². The monoisotopic (exact) mass is 1310 g/mol. The molecule has 0 heterocycles. The zero-order valence-electron chi connectivity index (χ0n) is 63.0. The summed E-state index contributed by atoms with van der Waals surface area (Å²) >= 11 is 0. The Hall–Kier alpha value is -2.49. The van der Waals surface area contributed by atoms with E-state index in [1.54, 1.807) is 0 Å². The van der Waals surface area contributed by atoms with Gasteiger partial charge in [0.15, 0.2) is 6.10 Å². The van der Waals surface area contributed by atoms with Crippen molar-refractivity contribution in [2.45, 2.75) is 437 Å². The minimum absolute atomic E-state index is 0.175. The van der Waals surface area contributed by atoms with Crippen molar-refractivity contribution in [2.75, 3.05) is 47.5 Å². The summed E-state index contributed by atoms with van der Waals surface area (Å²) in [4.78, 5) is 37.7. The zero-order valence-corrected chi connectivity index (χ0v) is 63.0. The second kappa shape index (κ2) is 75.3. The molecule has 0 saturated heterocycles. The van der Waals surface area contributed by atoms with Crippen LogP contribution in [0.3, 0.4) is 0 Å². The Labute approximate surface area is 579 Å². The van der Waals surface area contributed by atoms with E-state index < -0.39 is 18.4 Å². The molecule has 0 aromatic rings. The molecule has 0 rings (SSSR count). The van der Waals surface area contributed by atoms with Gasteiger partial charge in [0.2, 0.25) is 0 Å². The SMILES string of the molecule is CCCCCCC/C=C\C/C=C\CCCCCCCCCCCCCCCCCCCCCC(=O)OC(COC(=O)CCCCCCCCCCCCCCCCCCCCCCCCCCC/C=C\CCCCCCCCCC)COC(OCC[N+](C)(C)C)C(=O)O. The highest BCUT2D eigenvalue weighted by molar-refractivity contribution is 5.71. The standard InChI is InChI=1S/C84H159NO8/c1-6-8-10-12-14-16-18-20-22-24-26-28-30-32-34-36-38-39-40-41-42-43-45-46-48-50-52-54-56-58-60-62-64-66-68-70-72-74-81(86)91-78-80(79-92-84(83(88)89)90-77-76-85(3,4)5)93-82(87)75-73-71-69-67-65-63-61-59-57-55-53-51-49-47-44-37-35-33-31-29-27-25-23-21-19-17-15-13-11-9-7-2/h19,21,24-27,80,84H,6-18,20,22-23,28-79H2,1-5H3/p+1/b21-19-,26-24-,27-25-. The van der Waals surface area contributed by atoms with Crippen molar-refractivity contribution in [1.82, 2.24) is 0 Å². The van der Waals surface area contributed by atoms with E-state index in [0.29, 0.717) is 17.4 Å². The molecule has 0 aliphatic rings. The van der Waals surface area contributed by atoms with Gasteiger partial charge in [-0.05, 0) is 70.6 Å². The summed E-state index contributed by atoms with van der Waals surface area (Å²) < 4.78 is 23.1. The lowest BCUT2D eigenvalue weighted by Crippen LogP contribution is -2.40. The molecule has 93 heavy (non-hydrogen) atoms. The Kier molecular flexibility index (Phi) is 73.3. The molecule has 1 N–H and O–H groups in total. The van der Waals surface area contributed by atoms with Crippen LogP contribution in [0.25, 0.3) is 0 Å². The number of carbonyl (C=O) groups excluding carboxylic acids is 2. The molecular formula is C84H160NO8+. The fraction of sp³-hybridized carbons (Fsp3) is 0.893. The molecule has 0 aliphatic heterocycles. The van der Waals surface area contributed by atoms with Gasteiger partial charge in [-0.25, -0.2) is 4.79 Å². The molecule has 0 spiro atoms. The van der Waals surface area contributed by atoms with E-state index in [4.69, 9.17) is 18.9 Å². The highest BCUT2D eigenvalue weighted by Crippen LogP contribution is 2.20. The van der Waals surface area contributed by atoms with Gasteiger partial charge in [-0.1, -0.05) is 378 Å². The normalized spacial score (nSPS) is 12.7. The van der Waals surface area contributed by atoms with E-state index in [0.717, 1.165) is 44.9 Å². The van der Waals surface area contributed by atoms with Gasteiger partial charge in [-0.2, -0.15) is 0 Å². The number of carboxylic acids is 1. The molecule has 9 nitrogen and oxygen atoms in total. The van der Waals surface area contributed by atoms with Crippen LogP contribution >= 0.6 is 0 Å². The second-order valence-electron chi connectivity index (χ2n) is 29.4. The van der Waals surface area contributed by atoms with Crippen molar-refractivity contribution in [1.29, 1.82) is 0 Å². The number of carboxylic acid groups (broad SMARTS) is 1. The number of rotatable bonds is 78. The van der Waals surface area contributed by atoms with Gasteiger partial charge in [-0.3, -0.25) is 9.59 Å². The number of unbranched alkanes of at least 4 members (excludes halogenated alkanes) is 57. The van der Waals surface area contributed by atoms with E-state index in [2.05, 4.69) is 50.3 Å². The summed E-state index contributed by atoms with van der Waals surface area (Å²) in [5.41, 5.74) is 0. The lowest BCUT2D eigenvalue weighted by molar-refractivity contribution is -0.870. The smallest absolute Gasteiger partial charge is 0.361 e. The number of carbonyl (C=O) groups is 3. The van der Waals surface area contributed by atoms with Gasteiger partial charge in [0.05, 0.1) is 34.4 Å². The van der Waals surface area contributed by atoms with Crippen LogP contribution < -0.4 is 0 Å². The highest BCUT2D eigenvalue weighted by atomic mass is 16.7. The lowest BCUT2D eigenvalue weighted by Gasteiger charge is -2.25. The summed E-state index contributed by atoms with van der Waals surface area (Å²) in [6, 6.07) is 0. The molecule has 0 amide bonds. The number of hydrogen-bond acceptors (Lipinski definition) is 7. The number of nitrogens with zero attached hydrogens (tertiary/aromatic N) is 1. The maximum Gasteiger partial charge on any atom is 0.361 e. The topological polar surface area (TPSA) is 108 Å².